The maximum absolute atomic E-state index is 12.7. The first-order chi connectivity index (χ1) is 15.4. The van der Waals surface area contributed by atoms with Crippen molar-refractivity contribution in [2.75, 3.05) is 20.8 Å². The zero-order chi connectivity index (χ0) is 23.3. The molecule has 5 heteroatoms. The molecule has 1 N–H and O–H groups in total. The number of nitrogens with one attached hydrogen (secondary N) is 1. The Bertz CT molecular complexity index is 908. The molecule has 0 fully saturated rings. The molecule has 0 aliphatic carbocycles. The van der Waals surface area contributed by atoms with Gasteiger partial charge < -0.3 is 14.8 Å². The van der Waals surface area contributed by atoms with E-state index in [2.05, 4.69) is 74.3 Å². The van der Waals surface area contributed by atoms with E-state index in [9.17, 15) is 4.79 Å². The summed E-state index contributed by atoms with van der Waals surface area (Å²) < 4.78 is 11.2. The highest BCUT2D eigenvalue weighted by Crippen LogP contribution is 2.40. The summed E-state index contributed by atoms with van der Waals surface area (Å²) >= 11 is 0. The standard InChI is InChI=1S/C27H38N2O3/c1-7-23(28-26(30)14-18(2)3)27-22-16-25(32-6)24(31-5)15-21(22)12-13-29(27)17-20-10-8-19(4)9-11-20/h8-11,15-16,18,23,27H,7,12-14,17H2,1-6H3,(H,28,30). The van der Waals surface area contributed by atoms with E-state index < -0.39 is 0 Å². The molecular formula is C27H38N2O3. The van der Waals surface area contributed by atoms with Crippen molar-refractivity contribution in [3.63, 3.8) is 0 Å². The van der Waals surface area contributed by atoms with Gasteiger partial charge in [0.25, 0.3) is 0 Å². The third kappa shape index (κ3) is 5.63. The Labute approximate surface area is 193 Å². The zero-order valence-corrected chi connectivity index (χ0v) is 20.4. The molecule has 174 valence electrons. The van der Waals surface area contributed by atoms with Gasteiger partial charge in [-0.2, -0.15) is 0 Å². The summed E-state index contributed by atoms with van der Waals surface area (Å²) in [5, 5.41) is 3.35. The van der Waals surface area contributed by atoms with Crippen LogP contribution in [0, 0.1) is 12.8 Å². The van der Waals surface area contributed by atoms with E-state index in [1.807, 2.05) is 0 Å². The van der Waals surface area contributed by atoms with E-state index in [4.69, 9.17) is 9.47 Å². The third-order valence-electron chi connectivity index (χ3n) is 6.29. The first-order valence-electron chi connectivity index (χ1n) is 11.7. The van der Waals surface area contributed by atoms with Gasteiger partial charge in [-0.3, -0.25) is 9.69 Å². The van der Waals surface area contributed by atoms with Crippen LogP contribution in [0.25, 0.3) is 0 Å². The van der Waals surface area contributed by atoms with E-state index in [-0.39, 0.29) is 18.0 Å². The molecule has 0 radical (unpaired) electrons. The Hall–Kier alpha value is -2.53. The highest BCUT2D eigenvalue weighted by molar-refractivity contribution is 5.76. The number of fused-ring (bicyclic) bond motifs is 1. The summed E-state index contributed by atoms with van der Waals surface area (Å²) in [5.74, 6) is 1.94. The lowest BCUT2D eigenvalue weighted by molar-refractivity contribution is -0.123. The lowest BCUT2D eigenvalue weighted by Crippen LogP contribution is -2.48. The van der Waals surface area contributed by atoms with Crippen molar-refractivity contribution in [2.45, 2.75) is 65.6 Å². The fraction of sp³-hybridized carbons (Fsp3) is 0.519. The van der Waals surface area contributed by atoms with Crippen LogP contribution in [0.3, 0.4) is 0 Å². The average Bonchev–Trinajstić information content (AvgIpc) is 2.77. The van der Waals surface area contributed by atoms with Crippen molar-refractivity contribution in [2.24, 2.45) is 5.92 Å². The lowest BCUT2D eigenvalue weighted by Gasteiger charge is -2.42. The second-order valence-electron chi connectivity index (χ2n) is 9.24. The van der Waals surface area contributed by atoms with E-state index >= 15 is 0 Å². The van der Waals surface area contributed by atoms with Crippen LogP contribution in [-0.2, 0) is 17.8 Å². The van der Waals surface area contributed by atoms with E-state index in [1.54, 1.807) is 14.2 Å². The van der Waals surface area contributed by atoms with Gasteiger partial charge in [-0.05, 0) is 54.5 Å². The summed E-state index contributed by atoms with van der Waals surface area (Å²) in [6.45, 7) is 10.2. The molecule has 2 aromatic carbocycles. The minimum atomic E-state index is 0.0175. The maximum atomic E-state index is 12.7. The Morgan fingerprint density at radius 2 is 1.78 bits per heavy atom. The number of rotatable bonds is 9. The van der Waals surface area contributed by atoms with Crippen molar-refractivity contribution in [3.05, 3.63) is 58.7 Å². The first kappa shape index (κ1) is 24.1. The van der Waals surface area contributed by atoms with Crippen molar-refractivity contribution in [1.82, 2.24) is 10.2 Å². The Kier molecular flexibility index (Phi) is 8.19. The molecule has 5 nitrogen and oxygen atoms in total. The van der Waals surface area contributed by atoms with Crippen LogP contribution in [0.5, 0.6) is 11.5 Å². The molecule has 0 spiro atoms. The quantitative estimate of drug-likeness (QED) is 0.595. The molecule has 3 rings (SSSR count). The Morgan fingerprint density at radius 1 is 1.12 bits per heavy atom. The molecule has 0 saturated carbocycles. The lowest BCUT2D eigenvalue weighted by atomic mass is 9.86. The molecule has 2 aromatic rings. The number of hydrogen-bond donors (Lipinski definition) is 1. The molecule has 1 aliphatic rings. The zero-order valence-electron chi connectivity index (χ0n) is 20.4. The summed E-state index contributed by atoms with van der Waals surface area (Å²) in [4.78, 5) is 15.2. The van der Waals surface area contributed by atoms with Gasteiger partial charge >= 0.3 is 0 Å². The van der Waals surface area contributed by atoms with Gasteiger partial charge in [0.1, 0.15) is 0 Å². The van der Waals surface area contributed by atoms with Crippen LogP contribution in [0.1, 0.15) is 61.9 Å². The second-order valence-corrected chi connectivity index (χ2v) is 9.24. The number of methoxy groups -OCH3 is 2. The highest BCUT2D eigenvalue weighted by Gasteiger charge is 2.35. The molecule has 0 bridgehead atoms. The summed E-state index contributed by atoms with van der Waals surface area (Å²) in [7, 11) is 3.35. The van der Waals surface area contributed by atoms with Crippen molar-refractivity contribution in [1.29, 1.82) is 0 Å². The second kappa shape index (κ2) is 10.9. The number of amides is 1. The number of carbonyl (C=O) groups is 1. The van der Waals surface area contributed by atoms with Crippen LogP contribution in [0.2, 0.25) is 0 Å². The monoisotopic (exact) mass is 438 g/mol. The highest BCUT2D eigenvalue weighted by atomic mass is 16.5. The van der Waals surface area contributed by atoms with Gasteiger partial charge in [-0.1, -0.05) is 50.6 Å². The smallest absolute Gasteiger partial charge is 0.220 e. The molecule has 0 aromatic heterocycles. The number of hydrogen-bond acceptors (Lipinski definition) is 4. The number of benzene rings is 2. The van der Waals surface area contributed by atoms with Gasteiger partial charge in [-0.25, -0.2) is 0 Å². The first-order valence-corrected chi connectivity index (χ1v) is 11.7. The molecule has 2 atom stereocenters. The molecular weight excluding hydrogens is 400 g/mol. The topological polar surface area (TPSA) is 50.8 Å². The van der Waals surface area contributed by atoms with Crippen LogP contribution in [-0.4, -0.2) is 37.6 Å². The van der Waals surface area contributed by atoms with Gasteiger partial charge in [-0.15, -0.1) is 0 Å². The van der Waals surface area contributed by atoms with Crippen LogP contribution in [0.4, 0.5) is 0 Å². The summed E-state index contributed by atoms with van der Waals surface area (Å²) in [5.41, 5.74) is 5.04. The predicted octanol–water partition coefficient (Wildman–Crippen LogP) is 5.05. The number of aryl methyl sites for hydroxylation is 1. The molecule has 1 amide bonds. The van der Waals surface area contributed by atoms with Crippen LogP contribution >= 0.6 is 0 Å². The average molecular weight is 439 g/mol. The largest absolute Gasteiger partial charge is 0.493 e. The third-order valence-corrected chi connectivity index (χ3v) is 6.29. The predicted molar refractivity (Wildman–Crippen MR) is 129 cm³/mol. The van der Waals surface area contributed by atoms with Gasteiger partial charge in [0.2, 0.25) is 5.91 Å². The van der Waals surface area contributed by atoms with Crippen LogP contribution < -0.4 is 14.8 Å². The molecule has 1 heterocycles. The fourth-order valence-electron chi connectivity index (χ4n) is 4.65. The Morgan fingerprint density at radius 3 is 2.38 bits per heavy atom. The number of ether oxygens (including phenoxy) is 2. The molecule has 32 heavy (non-hydrogen) atoms. The summed E-state index contributed by atoms with van der Waals surface area (Å²) in [6.07, 6.45) is 2.33. The minimum absolute atomic E-state index is 0.0175. The van der Waals surface area contributed by atoms with Crippen molar-refractivity contribution >= 4 is 5.91 Å². The maximum Gasteiger partial charge on any atom is 0.220 e. The molecule has 2 unspecified atom stereocenters. The minimum Gasteiger partial charge on any atom is -0.493 e. The normalized spacial score (nSPS) is 17.0. The van der Waals surface area contributed by atoms with E-state index in [0.29, 0.717) is 12.3 Å². The SMILES string of the molecule is CCC(NC(=O)CC(C)C)C1c2cc(OC)c(OC)cc2CCN1Cc1ccc(C)cc1. The van der Waals surface area contributed by atoms with Gasteiger partial charge in [0, 0.05) is 25.6 Å². The molecule has 1 aliphatic heterocycles. The van der Waals surface area contributed by atoms with Gasteiger partial charge in [0.15, 0.2) is 11.5 Å². The number of carbonyl (C=O) groups excluding carboxylic acids is 1. The van der Waals surface area contributed by atoms with E-state index in [1.165, 1.54) is 22.3 Å². The number of nitrogens with zero attached hydrogens (tertiary/aromatic N) is 1. The van der Waals surface area contributed by atoms with Crippen LogP contribution in [0.15, 0.2) is 36.4 Å². The summed E-state index contributed by atoms with van der Waals surface area (Å²) in [6, 6.07) is 13.0. The molecule has 0 saturated heterocycles. The van der Waals surface area contributed by atoms with Crippen molar-refractivity contribution < 1.29 is 14.3 Å². The van der Waals surface area contributed by atoms with Gasteiger partial charge in [0.05, 0.1) is 20.3 Å². The van der Waals surface area contributed by atoms with E-state index in [0.717, 1.165) is 37.4 Å². The fourth-order valence-corrected chi connectivity index (χ4v) is 4.65. The Balaban J connectivity index is 1.99. The van der Waals surface area contributed by atoms with Crippen molar-refractivity contribution in [3.8, 4) is 11.5 Å².